The largest absolute Gasteiger partial charge is 0.296 e. The first-order valence-electron chi connectivity index (χ1n) is 9.71. The van der Waals surface area contributed by atoms with E-state index >= 15 is 0 Å². The Balaban J connectivity index is 1.65. The minimum absolute atomic E-state index is 0.0143. The highest BCUT2D eigenvalue weighted by Crippen LogP contribution is 2.23. The Bertz CT molecular complexity index is 1090. The van der Waals surface area contributed by atoms with Crippen molar-refractivity contribution in [2.24, 2.45) is 0 Å². The molecule has 0 bridgehead atoms. The monoisotopic (exact) mass is 397 g/mol. The molecule has 1 aromatic carbocycles. The fourth-order valence-corrected chi connectivity index (χ4v) is 4.16. The first kappa shape index (κ1) is 18.7. The third-order valence-corrected chi connectivity index (χ3v) is 6.12. The van der Waals surface area contributed by atoms with Crippen LogP contribution in [0.3, 0.4) is 0 Å². The van der Waals surface area contributed by atoms with Crippen LogP contribution < -0.4 is 10.9 Å². The van der Waals surface area contributed by atoms with Gasteiger partial charge in [-0.1, -0.05) is 38.0 Å². The SMILES string of the molecule is CC(C)c1nnc(NC(=O)c2ccc3c(=O)n4c(nc3c2)CCCCCC4)s1. The van der Waals surface area contributed by atoms with Crippen molar-refractivity contribution in [2.75, 3.05) is 5.32 Å². The Kier molecular flexibility index (Phi) is 5.21. The zero-order valence-electron chi connectivity index (χ0n) is 16.1. The lowest BCUT2D eigenvalue weighted by Gasteiger charge is -2.16. The van der Waals surface area contributed by atoms with Gasteiger partial charge < -0.3 is 0 Å². The molecular formula is C20H23N5O2S. The molecular weight excluding hydrogens is 374 g/mol. The number of anilines is 1. The first-order chi connectivity index (χ1) is 13.5. The molecule has 0 aliphatic carbocycles. The van der Waals surface area contributed by atoms with Crippen LogP contribution in [0.25, 0.3) is 10.9 Å². The molecule has 0 saturated carbocycles. The zero-order chi connectivity index (χ0) is 19.7. The Morgan fingerprint density at radius 1 is 1.18 bits per heavy atom. The fourth-order valence-electron chi connectivity index (χ4n) is 3.42. The van der Waals surface area contributed by atoms with Crippen LogP contribution in [0, 0.1) is 0 Å². The summed E-state index contributed by atoms with van der Waals surface area (Å²) in [5.74, 6) is 0.808. The average molecular weight is 398 g/mol. The van der Waals surface area contributed by atoms with E-state index in [-0.39, 0.29) is 17.4 Å². The number of rotatable bonds is 3. The van der Waals surface area contributed by atoms with Crippen LogP contribution in [0.15, 0.2) is 23.0 Å². The van der Waals surface area contributed by atoms with Gasteiger partial charge in [0.2, 0.25) is 5.13 Å². The van der Waals surface area contributed by atoms with Gasteiger partial charge >= 0.3 is 0 Å². The minimum atomic E-state index is -0.276. The van der Waals surface area contributed by atoms with Crippen molar-refractivity contribution in [3.05, 3.63) is 44.9 Å². The Hall–Kier alpha value is -2.61. The van der Waals surface area contributed by atoms with Crippen LogP contribution in [-0.2, 0) is 13.0 Å². The molecule has 0 radical (unpaired) electrons. The van der Waals surface area contributed by atoms with Crippen molar-refractivity contribution in [1.29, 1.82) is 0 Å². The lowest BCUT2D eigenvalue weighted by molar-refractivity contribution is 0.102. The molecule has 0 fully saturated rings. The molecule has 1 N–H and O–H groups in total. The van der Waals surface area contributed by atoms with Gasteiger partial charge in [-0.3, -0.25) is 19.5 Å². The minimum Gasteiger partial charge on any atom is -0.296 e. The maximum Gasteiger partial charge on any atom is 0.261 e. The van der Waals surface area contributed by atoms with Gasteiger partial charge in [-0.25, -0.2) is 4.98 Å². The summed E-state index contributed by atoms with van der Waals surface area (Å²) in [6, 6.07) is 5.06. The van der Waals surface area contributed by atoms with Gasteiger partial charge in [0.1, 0.15) is 10.8 Å². The predicted molar refractivity (Wildman–Crippen MR) is 110 cm³/mol. The van der Waals surface area contributed by atoms with E-state index in [1.54, 1.807) is 22.8 Å². The van der Waals surface area contributed by atoms with E-state index in [4.69, 9.17) is 4.98 Å². The van der Waals surface area contributed by atoms with Crippen LogP contribution in [0.2, 0.25) is 0 Å². The van der Waals surface area contributed by atoms with E-state index in [9.17, 15) is 9.59 Å². The summed E-state index contributed by atoms with van der Waals surface area (Å²) < 4.78 is 1.80. The van der Waals surface area contributed by atoms with E-state index in [2.05, 4.69) is 15.5 Å². The van der Waals surface area contributed by atoms with Gasteiger partial charge in [0.15, 0.2) is 0 Å². The molecule has 1 aliphatic rings. The van der Waals surface area contributed by atoms with Crippen molar-refractivity contribution in [2.45, 2.75) is 58.4 Å². The summed E-state index contributed by atoms with van der Waals surface area (Å²) in [7, 11) is 0. The molecule has 4 rings (SSSR count). The molecule has 0 atom stereocenters. The van der Waals surface area contributed by atoms with E-state index in [1.807, 2.05) is 13.8 Å². The number of carbonyl (C=O) groups is 1. The number of hydrogen-bond acceptors (Lipinski definition) is 6. The average Bonchev–Trinajstić information content (AvgIpc) is 3.12. The third kappa shape index (κ3) is 3.69. The molecule has 2 aromatic heterocycles. The van der Waals surface area contributed by atoms with Crippen molar-refractivity contribution in [3.8, 4) is 0 Å². The number of benzene rings is 1. The number of aromatic nitrogens is 4. The van der Waals surface area contributed by atoms with Gasteiger partial charge in [0.25, 0.3) is 11.5 Å². The standard InChI is InChI=1S/C20H23N5O2S/c1-12(2)18-23-24-20(28-18)22-17(26)13-8-9-14-15(11-13)21-16-7-5-3-4-6-10-25(16)19(14)27/h8-9,11-12H,3-7,10H2,1-2H3,(H,22,24,26). The smallest absolute Gasteiger partial charge is 0.261 e. The number of amides is 1. The molecule has 146 valence electrons. The summed E-state index contributed by atoms with van der Waals surface area (Å²) in [5, 5.41) is 12.8. The third-order valence-electron chi connectivity index (χ3n) is 4.98. The van der Waals surface area contributed by atoms with Crippen molar-refractivity contribution < 1.29 is 4.79 Å². The van der Waals surface area contributed by atoms with Gasteiger partial charge in [0, 0.05) is 24.4 Å². The van der Waals surface area contributed by atoms with E-state index in [1.165, 1.54) is 11.3 Å². The summed E-state index contributed by atoms with van der Waals surface area (Å²) in [6.45, 7) is 4.78. The Morgan fingerprint density at radius 3 is 2.79 bits per heavy atom. The molecule has 1 amide bonds. The summed E-state index contributed by atoms with van der Waals surface area (Å²) in [5.41, 5.74) is 1.01. The maximum atomic E-state index is 12.9. The van der Waals surface area contributed by atoms with Gasteiger partial charge in [-0.05, 0) is 31.0 Å². The number of nitrogens with one attached hydrogen (secondary N) is 1. The van der Waals surface area contributed by atoms with Gasteiger partial charge in [0.05, 0.1) is 10.9 Å². The first-order valence-corrected chi connectivity index (χ1v) is 10.5. The molecule has 0 saturated heterocycles. The maximum absolute atomic E-state index is 12.9. The molecule has 28 heavy (non-hydrogen) atoms. The molecule has 7 nitrogen and oxygen atoms in total. The van der Waals surface area contributed by atoms with E-state index in [0.717, 1.165) is 42.9 Å². The topological polar surface area (TPSA) is 89.8 Å². The van der Waals surface area contributed by atoms with Crippen molar-refractivity contribution >= 4 is 33.3 Å². The second kappa shape index (κ2) is 7.79. The predicted octanol–water partition coefficient (Wildman–Crippen LogP) is 3.74. The lowest BCUT2D eigenvalue weighted by atomic mass is 10.1. The van der Waals surface area contributed by atoms with Gasteiger partial charge in [-0.15, -0.1) is 10.2 Å². The van der Waals surface area contributed by atoms with Crippen LogP contribution in [0.4, 0.5) is 5.13 Å². The van der Waals surface area contributed by atoms with Crippen LogP contribution in [0.5, 0.6) is 0 Å². The zero-order valence-corrected chi connectivity index (χ0v) is 16.9. The van der Waals surface area contributed by atoms with Crippen molar-refractivity contribution in [1.82, 2.24) is 19.7 Å². The Morgan fingerprint density at radius 2 is 2.00 bits per heavy atom. The number of hydrogen-bond donors (Lipinski definition) is 1. The van der Waals surface area contributed by atoms with Crippen LogP contribution >= 0.6 is 11.3 Å². The molecule has 8 heteroatoms. The number of nitrogens with zero attached hydrogens (tertiary/aromatic N) is 4. The second-order valence-electron chi connectivity index (χ2n) is 7.44. The second-order valence-corrected chi connectivity index (χ2v) is 8.44. The number of aryl methyl sites for hydroxylation is 1. The molecule has 0 spiro atoms. The van der Waals surface area contributed by atoms with E-state index < -0.39 is 0 Å². The molecule has 1 aliphatic heterocycles. The normalized spacial score (nSPS) is 14.5. The Labute approximate surface area is 166 Å². The fraction of sp³-hybridized carbons (Fsp3) is 0.450. The highest BCUT2D eigenvalue weighted by Gasteiger charge is 2.16. The molecule has 3 heterocycles. The number of carbonyl (C=O) groups excluding carboxylic acids is 1. The summed E-state index contributed by atoms with van der Waals surface area (Å²) in [4.78, 5) is 30.2. The van der Waals surface area contributed by atoms with E-state index in [0.29, 0.717) is 28.1 Å². The molecule has 3 aromatic rings. The van der Waals surface area contributed by atoms with Crippen molar-refractivity contribution in [3.63, 3.8) is 0 Å². The highest BCUT2D eigenvalue weighted by atomic mass is 32.1. The van der Waals surface area contributed by atoms with Gasteiger partial charge in [-0.2, -0.15) is 0 Å². The molecule has 0 unspecified atom stereocenters. The lowest BCUT2D eigenvalue weighted by Crippen LogP contribution is -2.26. The highest BCUT2D eigenvalue weighted by molar-refractivity contribution is 7.15. The summed E-state index contributed by atoms with van der Waals surface area (Å²) in [6.07, 6.45) is 5.14. The quantitative estimate of drug-likeness (QED) is 0.727. The van der Waals surface area contributed by atoms with Crippen LogP contribution in [-0.4, -0.2) is 25.7 Å². The summed E-state index contributed by atoms with van der Waals surface area (Å²) >= 11 is 1.37. The number of fused-ring (bicyclic) bond motifs is 2. The van der Waals surface area contributed by atoms with Crippen LogP contribution in [0.1, 0.15) is 66.6 Å².